The fraction of sp³-hybridized carbons (Fsp3) is 0.344. The Hall–Kier alpha value is -5.78. The number of fused-ring (bicyclic) bond motifs is 12. The predicted octanol–water partition coefficient (Wildman–Crippen LogP) is 13.8. The number of hydrogen-bond donors (Lipinski definition) is 0. The molecule has 4 aliphatic heterocycles. The van der Waals surface area contributed by atoms with Crippen molar-refractivity contribution in [2.75, 3.05) is 14.7 Å². The minimum atomic E-state index is -1.81. The standard InChI is InChI=1S/C64H68BN3Si/c1-41-20-19-24-46(34-41)66-55-35-42(2)26-28-52(55)65-53-40-48(69(9,10)11)39-51-59(53)68(62(7)31-17-18-32-64(51,62)44-22-13-12-14-23-44)57-38-47(37-56(66)58(57)65)67-54-29-27-45(60(3,4)5)36-50(54)61(6)33-30-43-21-15-16-25-49(43)63(61,67)8/h12-16,19-29,34-40H,17-18,30-33H2,1-11H3. The molecular weight excluding hydrogens is 850 g/mol. The summed E-state index contributed by atoms with van der Waals surface area (Å²) in [5.41, 5.74) is 24.3. The van der Waals surface area contributed by atoms with Crippen molar-refractivity contribution in [2.24, 2.45) is 0 Å². The third-order valence-corrected chi connectivity index (χ3v) is 21.0. The predicted molar refractivity (Wildman–Crippen MR) is 298 cm³/mol. The van der Waals surface area contributed by atoms with E-state index >= 15 is 0 Å². The molecule has 0 spiro atoms. The molecule has 7 aromatic rings. The SMILES string of the molecule is Cc1cccc(N2c3cc(C)ccc3B3c4cc([Si](C)(C)C)cc5c4N(c4cc(N6c7ccc(C(C)(C)C)cc7C7(C)CCc8ccccc8C67C)cc2c43)C2(C)CCCCC52c2ccccc2)c1. The van der Waals surface area contributed by atoms with Crippen LogP contribution in [0.2, 0.25) is 19.6 Å². The third-order valence-electron chi connectivity index (χ3n) is 18.9. The van der Waals surface area contributed by atoms with Gasteiger partial charge in [0.05, 0.1) is 19.2 Å². The average Bonchev–Trinajstić information content (AvgIpc) is 3.69. The first-order chi connectivity index (χ1) is 32.9. The van der Waals surface area contributed by atoms with Crippen LogP contribution in [0.25, 0.3) is 0 Å². The van der Waals surface area contributed by atoms with E-state index < -0.39 is 8.07 Å². The molecule has 13 rings (SSSR count). The Bertz CT molecular complexity index is 3320. The van der Waals surface area contributed by atoms with Crippen LogP contribution in [0.3, 0.4) is 0 Å². The smallest absolute Gasteiger partial charge is 0.252 e. The lowest BCUT2D eigenvalue weighted by molar-refractivity contribution is 0.215. The van der Waals surface area contributed by atoms with Crippen molar-refractivity contribution in [1.29, 1.82) is 0 Å². The molecule has 0 saturated heterocycles. The summed E-state index contributed by atoms with van der Waals surface area (Å²) in [4.78, 5) is 8.48. The molecule has 5 heteroatoms. The summed E-state index contributed by atoms with van der Waals surface area (Å²) < 4.78 is 0. The van der Waals surface area contributed by atoms with Crippen molar-refractivity contribution in [3.05, 3.63) is 184 Å². The van der Waals surface area contributed by atoms with E-state index in [0.29, 0.717) is 0 Å². The molecule has 0 bridgehead atoms. The van der Waals surface area contributed by atoms with E-state index in [1.54, 1.807) is 10.8 Å². The van der Waals surface area contributed by atoms with Gasteiger partial charge in [-0.05, 0) is 156 Å². The summed E-state index contributed by atoms with van der Waals surface area (Å²) in [6.45, 7) is 27.3. The second-order valence-electron chi connectivity index (χ2n) is 24.7. The van der Waals surface area contributed by atoms with Crippen LogP contribution in [0.15, 0.2) is 140 Å². The fourth-order valence-electron chi connectivity index (χ4n) is 15.2. The molecule has 2 aliphatic carbocycles. The van der Waals surface area contributed by atoms with Crippen LogP contribution in [0, 0.1) is 13.8 Å². The summed E-state index contributed by atoms with van der Waals surface area (Å²) in [5.74, 6) is 0. The van der Waals surface area contributed by atoms with Crippen molar-refractivity contribution in [3.8, 4) is 0 Å². The number of nitrogens with zero attached hydrogens (tertiary/aromatic N) is 3. The van der Waals surface area contributed by atoms with Crippen molar-refractivity contribution in [1.82, 2.24) is 0 Å². The highest BCUT2D eigenvalue weighted by atomic mass is 28.3. The van der Waals surface area contributed by atoms with Crippen molar-refractivity contribution < 1.29 is 0 Å². The number of hydrogen-bond acceptors (Lipinski definition) is 3. The van der Waals surface area contributed by atoms with Gasteiger partial charge in [0, 0.05) is 50.6 Å². The lowest BCUT2D eigenvalue weighted by Gasteiger charge is -2.55. The molecule has 69 heavy (non-hydrogen) atoms. The topological polar surface area (TPSA) is 9.72 Å². The maximum absolute atomic E-state index is 2.97. The first-order valence-electron chi connectivity index (χ1n) is 26.1. The van der Waals surface area contributed by atoms with Gasteiger partial charge in [0.25, 0.3) is 6.71 Å². The van der Waals surface area contributed by atoms with Gasteiger partial charge in [-0.1, -0.05) is 168 Å². The summed E-state index contributed by atoms with van der Waals surface area (Å²) in [6, 6.07) is 56.2. The molecule has 4 atom stereocenters. The molecule has 1 saturated carbocycles. The lowest BCUT2D eigenvalue weighted by Crippen LogP contribution is -2.65. The van der Waals surface area contributed by atoms with Crippen molar-refractivity contribution in [2.45, 2.75) is 141 Å². The third kappa shape index (κ3) is 5.52. The Labute approximate surface area is 413 Å². The van der Waals surface area contributed by atoms with E-state index in [0.717, 1.165) is 25.7 Å². The Balaban J connectivity index is 1.19. The van der Waals surface area contributed by atoms with Gasteiger partial charge in [-0.15, -0.1) is 0 Å². The summed E-state index contributed by atoms with van der Waals surface area (Å²) in [6.07, 6.45) is 6.90. The fourth-order valence-corrected chi connectivity index (χ4v) is 16.4. The number of rotatable bonds is 4. The zero-order valence-electron chi connectivity index (χ0n) is 42.9. The van der Waals surface area contributed by atoms with Crippen LogP contribution in [0.4, 0.5) is 39.8 Å². The monoisotopic (exact) mass is 918 g/mol. The first-order valence-corrected chi connectivity index (χ1v) is 29.6. The van der Waals surface area contributed by atoms with Gasteiger partial charge in [0.15, 0.2) is 0 Å². The van der Waals surface area contributed by atoms with Gasteiger partial charge in [-0.25, -0.2) is 0 Å². The molecule has 346 valence electrons. The van der Waals surface area contributed by atoms with Gasteiger partial charge in [0.2, 0.25) is 0 Å². The molecule has 4 unspecified atom stereocenters. The van der Waals surface area contributed by atoms with Crippen LogP contribution in [0.1, 0.15) is 118 Å². The zero-order chi connectivity index (χ0) is 47.8. The Morgan fingerprint density at radius 3 is 2.07 bits per heavy atom. The van der Waals surface area contributed by atoms with Gasteiger partial charge in [0.1, 0.15) is 0 Å². The van der Waals surface area contributed by atoms with E-state index in [1.807, 2.05) is 0 Å². The molecule has 6 aliphatic rings. The van der Waals surface area contributed by atoms with Crippen LogP contribution >= 0.6 is 0 Å². The average molecular weight is 918 g/mol. The van der Waals surface area contributed by atoms with Crippen LogP contribution in [-0.2, 0) is 28.2 Å². The van der Waals surface area contributed by atoms with Crippen LogP contribution < -0.4 is 36.3 Å². The maximum atomic E-state index is 2.97. The minimum absolute atomic E-state index is 0.0313. The van der Waals surface area contributed by atoms with E-state index in [9.17, 15) is 0 Å². The Morgan fingerprint density at radius 2 is 1.30 bits per heavy atom. The number of anilines is 7. The highest BCUT2D eigenvalue weighted by Gasteiger charge is 2.65. The Kier molecular flexibility index (Phi) is 8.89. The van der Waals surface area contributed by atoms with Gasteiger partial charge in [-0.2, -0.15) is 0 Å². The molecule has 0 N–H and O–H groups in total. The van der Waals surface area contributed by atoms with Crippen LogP contribution in [-0.4, -0.2) is 20.3 Å². The molecule has 0 radical (unpaired) electrons. The number of aryl methyl sites for hydroxylation is 3. The Morgan fingerprint density at radius 1 is 0.565 bits per heavy atom. The highest BCUT2D eigenvalue weighted by molar-refractivity contribution is 7.01. The molecule has 7 aromatic carbocycles. The molecule has 3 nitrogen and oxygen atoms in total. The van der Waals surface area contributed by atoms with E-state index in [4.69, 9.17) is 0 Å². The molecule has 0 amide bonds. The van der Waals surface area contributed by atoms with Gasteiger partial charge in [-0.3, -0.25) is 0 Å². The minimum Gasteiger partial charge on any atom is -0.335 e. The zero-order valence-corrected chi connectivity index (χ0v) is 43.9. The first kappa shape index (κ1) is 43.3. The normalized spacial score (nSPS) is 24.8. The second kappa shape index (κ2) is 14.2. The van der Waals surface area contributed by atoms with E-state index in [2.05, 4.69) is 229 Å². The summed E-state index contributed by atoms with van der Waals surface area (Å²) in [5, 5.41) is 1.57. The molecular formula is C64H68BN3Si. The van der Waals surface area contributed by atoms with E-state index in [1.165, 1.54) is 108 Å². The highest BCUT2D eigenvalue weighted by Crippen LogP contribution is 2.67. The second-order valence-corrected chi connectivity index (χ2v) is 29.8. The molecule has 4 heterocycles. The lowest BCUT2D eigenvalue weighted by atomic mass is 9.33. The van der Waals surface area contributed by atoms with Crippen molar-refractivity contribution in [3.63, 3.8) is 0 Å². The largest absolute Gasteiger partial charge is 0.335 e. The van der Waals surface area contributed by atoms with Crippen LogP contribution in [0.5, 0.6) is 0 Å². The van der Waals surface area contributed by atoms with E-state index in [-0.39, 0.29) is 34.0 Å². The summed E-state index contributed by atoms with van der Waals surface area (Å²) in [7, 11) is -1.81. The quantitative estimate of drug-likeness (QED) is 0.163. The molecule has 0 aromatic heterocycles. The summed E-state index contributed by atoms with van der Waals surface area (Å²) >= 11 is 0. The maximum Gasteiger partial charge on any atom is 0.252 e. The van der Waals surface area contributed by atoms with Gasteiger partial charge >= 0.3 is 0 Å². The molecule has 1 fully saturated rings. The number of benzene rings is 7. The van der Waals surface area contributed by atoms with Crippen molar-refractivity contribution >= 4 is 76.2 Å². The van der Waals surface area contributed by atoms with Gasteiger partial charge < -0.3 is 14.7 Å².